The lowest BCUT2D eigenvalue weighted by atomic mass is 9.39. The molecule has 1 aromatic rings. The van der Waals surface area contributed by atoms with Gasteiger partial charge in [-0.1, -0.05) is 20.3 Å². The first kappa shape index (κ1) is 23.4. The van der Waals surface area contributed by atoms with Gasteiger partial charge in [0.15, 0.2) is 0 Å². The van der Waals surface area contributed by atoms with Gasteiger partial charge in [-0.25, -0.2) is 0 Å². The van der Waals surface area contributed by atoms with Gasteiger partial charge in [0.2, 0.25) is 0 Å². The first-order chi connectivity index (χ1) is 16.7. The molecule has 1 spiro atoms. The van der Waals surface area contributed by atoms with Crippen LogP contribution in [-0.2, 0) is 9.53 Å². The SMILES string of the molecule is CCOC(=O)[C@]1(C)CCC[C@@]2(C)[C@@H]3CC[C@@]4(C)C[C@]3(CC[C@@H]21)[C@@H]1CN(c2ccc(OC)cc2)N=C14. The summed E-state index contributed by atoms with van der Waals surface area (Å²) in [5, 5.41) is 7.58. The van der Waals surface area contributed by atoms with Gasteiger partial charge in [-0.2, -0.15) is 5.10 Å². The van der Waals surface area contributed by atoms with Crippen molar-refractivity contribution in [2.75, 3.05) is 25.3 Å². The summed E-state index contributed by atoms with van der Waals surface area (Å²) in [4.78, 5) is 13.3. The van der Waals surface area contributed by atoms with Crippen LogP contribution in [0.4, 0.5) is 5.69 Å². The summed E-state index contributed by atoms with van der Waals surface area (Å²) in [5.74, 6) is 2.53. The monoisotopic (exact) mass is 478 g/mol. The van der Waals surface area contributed by atoms with Crippen LogP contribution in [0.25, 0.3) is 0 Å². The van der Waals surface area contributed by atoms with Crippen molar-refractivity contribution in [3.63, 3.8) is 0 Å². The van der Waals surface area contributed by atoms with Crippen molar-refractivity contribution in [1.82, 2.24) is 0 Å². The maximum Gasteiger partial charge on any atom is 0.312 e. The third-order valence-electron chi connectivity index (χ3n) is 11.4. The quantitative estimate of drug-likeness (QED) is 0.466. The number of anilines is 1. The summed E-state index contributed by atoms with van der Waals surface area (Å²) >= 11 is 0. The second kappa shape index (κ2) is 7.73. The van der Waals surface area contributed by atoms with Crippen LogP contribution in [-0.4, -0.2) is 31.9 Å². The van der Waals surface area contributed by atoms with Gasteiger partial charge in [-0.05, 0) is 106 Å². The first-order valence-corrected chi connectivity index (χ1v) is 13.9. The minimum Gasteiger partial charge on any atom is -0.497 e. The van der Waals surface area contributed by atoms with Crippen molar-refractivity contribution >= 4 is 17.4 Å². The third kappa shape index (κ3) is 3.05. The zero-order valence-corrected chi connectivity index (χ0v) is 22.2. The van der Waals surface area contributed by atoms with Gasteiger partial charge in [-0.15, -0.1) is 0 Å². The van der Waals surface area contributed by atoms with Gasteiger partial charge in [0.25, 0.3) is 0 Å². The van der Waals surface area contributed by atoms with Gasteiger partial charge in [0.1, 0.15) is 5.75 Å². The number of hydrogen-bond donors (Lipinski definition) is 0. The number of carbonyl (C=O) groups excluding carboxylic acids is 1. The summed E-state index contributed by atoms with van der Waals surface area (Å²) < 4.78 is 11.0. The molecule has 0 aromatic heterocycles. The molecule has 2 bridgehead atoms. The molecule has 5 aliphatic rings. The number of esters is 1. The maximum absolute atomic E-state index is 13.3. The number of fused-ring (bicyclic) bond motifs is 5. The topological polar surface area (TPSA) is 51.1 Å². The Morgan fingerprint density at radius 1 is 1.06 bits per heavy atom. The molecule has 0 saturated heterocycles. The Morgan fingerprint density at radius 3 is 2.51 bits per heavy atom. The highest BCUT2D eigenvalue weighted by molar-refractivity contribution is 5.98. The van der Waals surface area contributed by atoms with Gasteiger partial charge < -0.3 is 9.47 Å². The van der Waals surface area contributed by atoms with Gasteiger partial charge in [0, 0.05) is 17.0 Å². The molecule has 4 aliphatic carbocycles. The van der Waals surface area contributed by atoms with Gasteiger partial charge >= 0.3 is 5.97 Å². The lowest BCUT2D eigenvalue weighted by Gasteiger charge is -2.64. The molecule has 0 N–H and O–H groups in total. The molecule has 1 aliphatic heterocycles. The fourth-order valence-electron chi connectivity index (χ4n) is 10.0. The highest BCUT2D eigenvalue weighted by Gasteiger charge is 2.71. The van der Waals surface area contributed by atoms with E-state index in [9.17, 15) is 4.79 Å². The van der Waals surface area contributed by atoms with Crippen molar-refractivity contribution in [2.45, 2.75) is 79.1 Å². The molecule has 1 heterocycles. The summed E-state index contributed by atoms with van der Waals surface area (Å²) in [6.07, 6.45) is 9.51. The van der Waals surface area contributed by atoms with E-state index in [1.807, 2.05) is 19.1 Å². The Kier molecular flexibility index (Phi) is 5.16. The minimum atomic E-state index is -0.342. The third-order valence-corrected chi connectivity index (χ3v) is 11.4. The fraction of sp³-hybridized carbons (Fsp3) is 0.733. The van der Waals surface area contributed by atoms with E-state index in [0.717, 1.165) is 37.2 Å². The fourth-order valence-corrected chi connectivity index (χ4v) is 10.0. The maximum atomic E-state index is 13.3. The normalized spacial score (nSPS) is 43.6. The second-order valence-corrected chi connectivity index (χ2v) is 13.0. The molecule has 7 atom stereocenters. The number of benzene rings is 1. The van der Waals surface area contributed by atoms with E-state index in [4.69, 9.17) is 14.6 Å². The average molecular weight is 479 g/mol. The van der Waals surface area contributed by atoms with E-state index in [2.05, 4.69) is 37.9 Å². The molecule has 0 amide bonds. The van der Waals surface area contributed by atoms with E-state index < -0.39 is 0 Å². The van der Waals surface area contributed by atoms with Gasteiger partial charge in [0.05, 0.1) is 31.4 Å². The number of rotatable bonds is 4. The number of carbonyl (C=O) groups is 1. The number of hydrazone groups is 1. The predicted molar refractivity (Wildman–Crippen MR) is 139 cm³/mol. The zero-order chi connectivity index (χ0) is 24.6. The molecular formula is C30H42N2O3. The molecule has 35 heavy (non-hydrogen) atoms. The number of nitrogens with zero attached hydrogens (tertiary/aromatic N) is 2. The van der Waals surface area contributed by atoms with Crippen LogP contribution in [0.15, 0.2) is 29.4 Å². The molecule has 4 saturated carbocycles. The first-order valence-electron chi connectivity index (χ1n) is 13.9. The van der Waals surface area contributed by atoms with E-state index in [1.54, 1.807) is 7.11 Å². The Bertz CT molecular complexity index is 1050. The van der Waals surface area contributed by atoms with E-state index >= 15 is 0 Å². The van der Waals surface area contributed by atoms with Crippen LogP contribution < -0.4 is 9.75 Å². The standard InChI is InChI=1S/C30H42N2O3/c1-6-35-26(33)29(4)15-7-14-28(3)23(29)13-17-30-19-27(2,16-12-24(28)30)25-22(30)18-32(31-25)20-8-10-21(34-5)11-9-20/h8-11,22-24H,6-7,12-19H2,1-5H3/t22-,23+,24+,27+,28-,29-,30-/m1/s1. The van der Waals surface area contributed by atoms with Crippen molar-refractivity contribution < 1.29 is 14.3 Å². The Morgan fingerprint density at radius 2 is 1.80 bits per heavy atom. The summed E-state index contributed by atoms with van der Waals surface area (Å²) in [6, 6.07) is 8.36. The molecule has 5 heteroatoms. The number of methoxy groups -OCH3 is 1. The molecular weight excluding hydrogens is 436 g/mol. The van der Waals surface area contributed by atoms with Crippen molar-refractivity contribution in [1.29, 1.82) is 0 Å². The van der Waals surface area contributed by atoms with E-state index in [-0.39, 0.29) is 22.2 Å². The Hall–Kier alpha value is -2.04. The van der Waals surface area contributed by atoms with Crippen LogP contribution in [0.3, 0.4) is 0 Å². The number of hydrogen-bond acceptors (Lipinski definition) is 5. The largest absolute Gasteiger partial charge is 0.497 e. The van der Waals surface area contributed by atoms with Crippen LogP contribution in [0, 0.1) is 39.4 Å². The van der Waals surface area contributed by atoms with Crippen molar-refractivity contribution in [2.24, 2.45) is 44.5 Å². The Labute approximate surface area is 210 Å². The van der Waals surface area contributed by atoms with Crippen LogP contribution in [0.1, 0.15) is 79.1 Å². The van der Waals surface area contributed by atoms with E-state index in [0.29, 0.717) is 29.8 Å². The Balaban J connectivity index is 1.35. The summed E-state index contributed by atoms with van der Waals surface area (Å²) in [6.45, 7) is 10.7. The molecule has 6 rings (SSSR count). The molecule has 0 unspecified atom stereocenters. The van der Waals surface area contributed by atoms with Crippen LogP contribution in [0.5, 0.6) is 5.75 Å². The van der Waals surface area contributed by atoms with Crippen LogP contribution >= 0.6 is 0 Å². The second-order valence-electron chi connectivity index (χ2n) is 13.0. The molecule has 1 aromatic carbocycles. The molecule has 0 radical (unpaired) electrons. The van der Waals surface area contributed by atoms with Crippen molar-refractivity contribution in [3.8, 4) is 5.75 Å². The summed E-state index contributed by atoms with van der Waals surface area (Å²) in [7, 11) is 1.71. The number of ether oxygens (including phenoxy) is 2. The lowest BCUT2D eigenvalue weighted by Crippen LogP contribution is -2.60. The smallest absolute Gasteiger partial charge is 0.312 e. The van der Waals surface area contributed by atoms with Crippen LogP contribution in [0.2, 0.25) is 0 Å². The predicted octanol–water partition coefficient (Wildman–Crippen LogP) is 6.46. The zero-order valence-electron chi connectivity index (χ0n) is 22.2. The molecule has 5 nitrogen and oxygen atoms in total. The minimum absolute atomic E-state index is 0.0488. The molecule has 190 valence electrons. The van der Waals surface area contributed by atoms with E-state index in [1.165, 1.54) is 37.8 Å². The van der Waals surface area contributed by atoms with Gasteiger partial charge in [-0.3, -0.25) is 9.80 Å². The average Bonchev–Trinajstić information content (AvgIpc) is 3.36. The molecule has 4 fully saturated rings. The summed E-state index contributed by atoms with van der Waals surface area (Å²) in [5.41, 5.74) is 3.00. The highest BCUT2D eigenvalue weighted by Crippen LogP contribution is 2.75. The lowest BCUT2D eigenvalue weighted by molar-refractivity contribution is -0.191. The van der Waals surface area contributed by atoms with Crippen molar-refractivity contribution in [3.05, 3.63) is 24.3 Å². The highest BCUT2D eigenvalue weighted by atomic mass is 16.5.